The Morgan fingerprint density at radius 1 is 1.75 bits per heavy atom. The number of carboxylic acids is 1. The van der Waals surface area contributed by atoms with Crippen molar-refractivity contribution < 1.29 is 14.6 Å². The molecule has 64 valence electrons. The van der Waals surface area contributed by atoms with Crippen LogP contribution in [-0.4, -0.2) is 23.2 Å². The molecule has 0 atom stereocenters. The molecule has 0 aliphatic carbocycles. The largest absolute Gasteiger partial charge is 0.496 e. The summed E-state index contributed by atoms with van der Waals surface area (Å²) in [6, 6.07) is 1.50. The van der Waals surface area contributed by atoms with Gasteiger partial charge in [0.05, 0.1) is 7.11 Å². The highest BCUT2D eigenvalue weighted by molar-refractivity contribution is 9.10. The molecule has 0 amide bonds. The maximum atomic E-state index is 10.6. The van der Waals surface area contributed by atoms with Crippen molar-refractivity contribution in [1.29, 1.82) is 0 Å². The van der Waals surface area contributed by atoms with Crippen LogP contribution >= 0.6 is 15.9 Å². The van der Waals surface area contributed by atoms with Gasteiger partial charge in [0.25, 0.3) is 0 Å². The van der Waals surface area contributed by atoms with E-state index >= 15 is 0 Å². The van der Waals surface area contributed by atoms with E-state index < -0.39 is 5.97 Å². The van der Waals surface area contributed by atoms with E-state index in [1.54, 1.807) is 0 Å². The molecular weight excluding hydrogens is 226 g/mol. The number of aromatic nitrogens is 1. The molecule has 1 aromatic heterocycles. The molecule has 0 fully saturated rings. The second-order valence-corrected chi connectivity index (χ2v) is 2.82. The van der Waals surface area contributed by atoms with Crippen LogP contribution in [0.5, 0.6) is 5.75 Å². The summed E-state index contributed by atoms with van der Waals surface area (Å²) in [6.45, 7) is 0. The SMILES string of the molecule is COc1cc(Br)ncc1C(=O)O. The van der Waals surface area contributed by atoms with Gasteiger partial charge >= 0.3 is 5.97 Å². The van der Waals surface area contributed by atoms with Crippen LogP contribution in [0, 0.1) is 0 Å². The smallest absolute Gasteiger partial charge is 0.341 e. The third-order valence-corrected chi connectivity index (χ3v) is 1.72. The lowest BCUT2D eigenvalue weighted by Gasteiger charge is -2.03. The fraction of sp³-hybridized carbons (Fsp3) is 0.143. The number of pyridine rings is 1. The normalized spacial score (nSPS) is 9.50. The molecule has 0 aliphatic heterocycles. The van der Waals surface area contributed by atoms with E-state index in [4.69, 9.17) is 9.84 Å². The number of hydrogen-bond acceptors (Lipinski definition) is 3. The number of rotatable bonds is 2. The zero-order chi connectivity index (χ0) is 9.14. The third kappa shape index (κ3) is 1.73. The third-order valence-electron chi connectivity index (χ3n) is 1.28. The van der Waals surface area contributed by atoms with Crippen molar-refractivity contribution in [2.24, 2.45) is 0 Å². The molecule has 0 spiro atoms. The lowest BCUT2D eigenvalue weighted by Crippen LogP contribution is -2.01. The molecule has 0 aromatic carbocycles. The molecule has 0 saturated carbocycles. The molecular formula is C7H6BrNO3. The van der Waals surface area contributed by atoms with E-state index in [0.717, 1.165) is 0 Å². The fourth-order valence-electron chi connectivity index (χ4n) is 0.743. The maximum absolute atomic E-state index is 10.6. The number of ether oxygens (including phenoxy) is 1. The number of methoxy groups -OCH3 is 1. The lowest BCUT2D eigenvalue weighted by molar-refractivity contribution is 0.0693. The second-order valence-electron chi connectivity index (χ2n) is 2.01. The highest BCUT2D eigenvalue weighted by atomic mass is 79.9. The Balaban J connectivity index is 3.20. The van der Waals surface area contributed by atoms with Crippen molar-refractivity contribution >= 4 is 21.9 Å². The van der Waals surface area contributed by atoms with Crippen LogP contribution in [0.1, 0.15) is 10.4 Å². The van der Waals surface area contributed by atoms with Crippen LogP contribution in [0.2, 0.25) is 0 Å². The summed E-state index contributed by atoms with van der Waals surface area (Å²) in [5.74, 6) is -0.753. The van der Waals surface area contributed by atoms with Crippen LogP contribution in [0.4, 0.5) is 0 Å². The average molecular weight is 232 g/mol. The summed E-state index contributed by atoms with van der Waals surface area (Å²) >= 11 is 3.10. The van der Waals surface area contributed by atoms with Crippen molar-refractivity contribution in [2.45, 2.75) is 0 Å². The molecule has 0 unspecified atom stereocenters. The van der Waals surface area contributed by atoms with Crippen LogP contribution in [-0.2, 0) is 0 Å². The molecule has 4 nitrogen and oxygen atoms in total. The zero-order valence-corrected chi connectivity index (χ0v) is 7.83. The summed E-state index contributed by atoms with van der Waals surface area (Å²) in [7, 11) is 1.41. The Kier molecular flexibility index (Phi) is 2.65. The number of carbonyl (C=O) groups is 1. The molecule has 0 aliphatic rings. The van der Waals surface area contributed by atoms with E-state index in [2.05, 4.69) is 20.9 Å². The molecule has 12 heavy (non-hydrogen) atoms. The highest BCUT2D eigenvalue weighted by Crippen LogP contribution is 2.20. The van der Waals surface area contributed by atoms with Gasteiger partial charge in [-0.2, -0.15) is 0 Å². The number of hydrogen-bond donors (Lipinski definition) is 1. The minimum absolute atomic E-state index is 0.0562. The Labute approximate surface area is 77.3 Å². The molecule has 0 saturated heterocycles. The van der Waals surface area contributed by atoms with Gasteiger partial charge in [0.1, 0.15) is 15.9 Å². The van der Waals surface area contributed by atoms with Crippen LogP contribution in [0.25, 0.3) is 0 Å². The Morgan fingerprint density at radius 2 is 2.42 bits per heavy atom. The van der Waals surface area contributed by atoms with Crippen molar-refractivity contribution in [3.63, 3.8) is 0 Å². The molecule has 1 aromatic rings. The number of carboxylic acid groups (broad SMARTS) is 1. The molecule has 0 bridgehead atoms. The van der Waals surface area contributed by atoms with Gasteiger partial charge in [0, 0.05) is 12.3 Å². The first-order valence-electron chi connectivity index (χ1n) is 3.08. The predicted octanol–water partition coefficient (Wildman–Crippen LogP) is 1.55. The van der Waals surface area contributed by atoms with Gasteiger partial charge in [-0.1, -0.05) is 0 Å². The Hall–Kier alpha value is -1.10. The molecule has 1 rings (SSSR count). The minimum Gasteiger partial charge on any atom is -0.496 e. The average Bonchev–Trinajstić information content (AvgIpc) is 2.03. The van der Waals surface area contributed by atoms with Crippen LogP contribution < -0.4 is 4.74 Å². The van der Waals surface area contributed by atoms with Crippen LogP contribution in [0.3, 0.4) is 0 Å². The predicted molar refractivity (Wildman–Crippen MR) is 45.4 cm³/mol. The van der Waals surface area contributed by atoms with Crippen molar-refractivity contribution in [1.82, 2.24) is 4.98 Å². The van der Waals surface area contributed by atoms with E-state index in [0.29, 0.717) is 10.4 Å². The van der Waals surface area contributed by atoms with Crippen molar-refractivity contribution in [3.8, 4) is 5.75 Å². The fourth-order valence-corrected chi connectivity index (χ4v) is 1.05. The van der Waals surface area contributed by atoms with Crippen molar-refractivity contribution in [2.75, 3.05) is 7.11 Å². The van der Waals surface area contributed by atoms with Gasteiger partial charge in [0.15, 0.2) is 0 Å². The van der Waals surface area contributed by atoms with Gasteiger partial charge in [-0.15, -0.1) is 0 Å². The summed E-state index contributed by atoms with van der Waals surface area (Å²) in [6.07, 6.45) is 1.24. The number of aromatic carboxylic acids is 1. The molecule has 0 radical (unpaired) electrons. The Morgan fingerprint density at radius 3 is 2.92 bits per heavy atom. The van der Waals surface area contributed by atoms with Gasteiger partial charge in [-0.3, -0.25) is 0 Å². The summed E-state index contributed by atoms with van der Waals surface area (Å²) in [4.78, 5) is 14.3. The quantitative estimate of drug-likeness (QED) is 0.786. The van der Waals surface area contributed by atoms with E-state index in [1.807, 2.05) is 0 Å². The van der Waals surface area contributed by atoms with Crippen molar-refractivity contribution in [3.05, 3.63) is 22.4 Å². The molecule has 5 heteroatoms. The number of halogens is 1. The van der Waals surface area contributed by atoms with E-state index in [1.165, 1.54) is 19.4 Å². The summed E-state index contributed by atoms with van der Waals surface area (Å²) < 4.78 is 5.38. The summed E-state index contributed by atoms with van der Waals surface area (Å²) in [5, 5.41) is 8.65. The van der Waals surface area contributed by atoms with Crippen LogP contribution in [0.15, 0.2) is 16.9 Å². The first-order valence-corrected chi connectivity index (χ1v) is 3.87. The van der Waals surface area contributed by atoms with E-state index in [-0.39, 0.29) is 5.56 Å². The molecule has 1 N–H and O–H groups in total. The highest BCUT2D eigenvalue weighted by Gasteiger charge is 2.10. The van der Waals surface area contributed by atoms with Gasteiger partial charge in [0.2, 0.25) is 0 Å². The van der Waals surface area contributed by atoms with E-state index in [9.17, 15) is 4.79 Å². The summed E-state index contributed by atoms with van der Waals surface area (Å²) in [5.41, 5.74) is 0.0562. The topological polar surface area (TPSA) is 59.4 Å². The van der Waals surface area contributed by atoms with Gasteiger partial charge in [-0.25, -0.2) is 9.78 Å². The zero-order valence-electron chi connectivity index (χ0n) is 6.24. The second kappa shape index (κ2) is 3.53. The lowest BCUT2D eigenvalue weighted by atomic mass is 10.2. The monoisotopic (exact) mass is 231 g/mol. The maximum Gasteiger partial charge on any atom is 0.341 e. The van der Waals surface area contributed by atoms with Gasteiger partial charge in [-0.05, 0) is 15.9 Å². The first-order chi connectivity index (χ1) is 5.65. The standard InChI is InChI=1S/C7H6BrNO3/c1-12-5-2-6(8)9-3-4(5)7(10)11/h2-3H,1H3,(H,10,11). The minimum atomic E-state index is -1.05. The number of nitrogens with zero attached hydrogens (tertiary/aromatic N) is 1. The Bertz CT molecular complexity index is 314. The van der Waals surface area contributed by atoms with Gasteiger partial charge < -0.3 is 9.84 Å². The molecule has 1 heterocycles. The first kappa shape index (κ1) is 8.99.